The van der Waals surface area contributed by atoms with E-state index in [4.69, 9.17) is 4.74 Å². The molecule has 0 saturated carbocycles. The fourth-order valence-corrected chi connectivity index (χ4v) is 3.67. The van der Waals surface area contributed by atoms with Gasteiger partial charge in [0, 0.05) is 19.1 Å². The molecule has 0 unspecified atom stereocenters. The molecule has 1 N–H and O–H groups in total. The quantitative estimate of drug-likeness (QED) is 0.830. The van der Waals surface area contributed by atoms with Gasteiger partial charge in [0.05, 0.1) is 6.26 Å². The van der Waals surface area contributed by atoms with Gasteiger partial charge in [-0.3, -0.25) is 4.79 Å². The van der Waals surface area contributed by atoms with Crippen molar-refractivity contribution in [3.63, 3.8) is 0 Å². The Hall–Kier alpha value is -1.67. The first-order chi connectivity index (χ1) is 11.2. The first-order valence-electron chi connectivity index (χ1n) is 7.79. The van der Waals surface area contributed by atoms with Gasteiger partial charge in [0.15, 0.2) is 6.61 Å². The van der Waals surface area contributed by atoms with Gasteiger partial charge in [0.25, 0.3) is 5.91 Å². The van der Waals surface area contributed by atoms with E-state index in [2.05, 4.69) is 4.72 Å². The van der Waals surface area contributed by atoms with Gasteiger partial charge < -0.3 is 9.64 Å². The maximum Gasteiger partial charge on any atom is 0.260 e. The molecule has 0 aromatic heterocycles. The minimum atomic E-state index is -3.34. The lowest BCUT2D eigenvalue weighted by molar-refractivity contribution is -0.132. The summed E-state index contributed by atoms with van der Waals surface area (Å²) in [4.78, 5) is 13.9. The van der Waals surface area contributed by atoms with Crippen molar-refractivity contribution < 1.29 is 22.3 Å². The van der Waals surface area contributed by atoms with Crippen molar-refractivity contribution in [2.24, 2.45) is 11.8 Å². The number of benzene rings is 1. The van der Waals surface area contributed by atoms with Crippen LogP contribution in [0.1, 0.15) is 13.8 Å². The molecule has 134 valence electrons. The highest BCUT2D eigenvalue weighted by Gasteiger charge is 2.38. The maximum atomic E-state index is 12.8. The molecule has 0 spiro atoms. The van der Waals surface area contributed by atoms with E-state index in [0.29, 0.717) is 18.8 Å². The average molecular weight is 358 g/mol. The molecule has 1 fully saturated rings. The number of rotatable bonds is 6. The monoisotopic (exact) mass is 358 g/mol. The molecule has 0 radical (unpaired) electrons. The first kappa shape index (κ1) is 18.7. The second kappa shape index (κ2) is 7.48. The Kier molecular flexibility index (Phi) is 5.82. The Labute approximate surface area is 142 Å². The average Bonchev–Trinajstić information content (AvgIpc) is 2.88. The zero-order chi connectivity index (χ0) is 17.9. The number of sulfonamides is 1. The molecule has 1 aliphatic heterocycles. The number of amides is 1. The van der Waals surface area contributed by atoms with Gasteiger partial charge >= 0.3 is 0 Å². The van der Waals surface area contributed by atoms with Gasteiger partial charge in [0.1, 0.15) is 11.6 Å². The third-order valence-corrected chi connectivity index (χ3v) is 4.85. The molecule has 1 amide bonds. The molecule has 1 aromatic rings. The Bertz CT molecular complexity index is 676. The van der Waals surface area contributed by atoms with Crippen molar-refractivity contribution in [3.05, 3.63) is 30.1 Å². The standard InChI is InChI=1S/C16H23FN2O4S/c1-11(2)14-8-19(9-15(14)18-24(3,21)22)16(20)10-23-13-6-4-12(17)5-7-13/h4-7,11,14-15,18H,8-10H2,1-3H3/t14-,15+/m0/s1. The summed E-state index contributed by atoms with van der Waals surface area (Å²) in [6.45, 7) is 4.65. The lowest BCUT2D eigenvalue weighted by Gasteiger charge is -2.21. The van der Waals surface area contributed by atoms with Crippen LogP contribution in [0.5, 0.6) is 5.75 Å². The van der Waals surface area contributed by atoms with Crippen LogP contribution in [0.3, 0.4) is 0 Å². The molecular formula is C16H23FN2O4S. The van der Waals surface area contributed by atoms with E-state index >= 15 is 0 Å². The highest BCUT2D eigenvalue weighted by molar-refractivity contribution is 7.88. The number of halogens is 1. The molecule has 8 heteroatoms. The summed E-state index contributed by atoms with van der Waals surface area (Å²) >= 11 is 0. The van der Waals surface area contributed by atoms with E-state index in [1.54, 1.807) is 4.90 Å². The van der Waals surface area contributed by atoms with Crippen molar-refractivity contribution in [1.29, 1.82) is 0 Å². The van der Waals surface area contributed by atoms with Gasteiger partial charge in [-0.25, -0.2) is 17.5 Å². The van der Waals surface area contributed by atoms with Crippen molar-refractivity contribution >= 4 is 15.9 Å². The molecule has 1 heterocycles. The summed E-state index contributed by atoms with van der Waals surface area (Å²) < 4.78 is 43.8. The highest BCUT2D eigenvalue weighted by Crippen LogP contribution is 2.25. The minimum absolute atomic E-state index is 0.0505. The summed E-state index contributed by atoms with van der Waals surface area (Å²) in [5.41, 5.74) is 0. The van der Waals surface area contributed by atoms with E-state index < -0.39 is 10.0 Å². The molecule has 6 nitrogen and oxygen atoms in total. The van der Waals surface area contributed by atoms with Crippen LogP contribution >= 0.6 is 0 Å². The Morgan fingerprint density at radius 3 is 2.50 bits per heavy atom. The van der Waals surface area contributed by atoms with Crippen molar-refractivity contribution in [2.75, 3.05) is 26.0 Å². The molecule has 0 aliphatic carbocycles. The van der Waals surface area contributed by atoms with E-state index in [1.165, 1.54) is 24.3 Å². The topological polar surface area (TPSA) is 75.7 Å². The summed E-state index contributed by atoms with van der Waals surface area (Å²) in [6.07, 6.45) is 1.12. The van der Waals surface area contributed by atoms with Gasteiger partial charge in [-0.2, -0.15) is 0 Å². The van der Waals surface area contributed by atoms with E-state index in [1.807, 2.05) is 13.8 Å². The number of likely N-dealkylation sites (tertiary alicyclic amines) is 1. The number of carbonyl (C=O) groups excluding carboxylic acids is 1. The van der Waals surface area contributed by atoms with E-state index in [9.17, 15) is 17.6 Å². The lowest BCUT2D eigenvalue weighted by Crippen LogP contribution is -2.42. The smallest absolute Gasteiger partial charge is 0.260 e. The van der Waals surface area contributed by atoms with E-state index in [-0.39, 0.29) is 36.2 Å². The van der Waals surface area contributed by atoms with Crippen molar-refractivity contribution in [3.8, 4) is 5.75 Å². The fraction of sp³-hybridized carbons (Fsp3) is 0.562. The maximum absolute atomic E-state index is 12.8. The van der Waals surface area contributed by atoms with Crippen molar-refractivity contribution in [1.82, 2.24) is 9.62 Å². The Morgan fingerprint density at radius 2 is 1.96 bits per heavy atom. The largest absolute Gasteiger partial charge is 0.484 e. The number of hydrogen-bond donors (Lipinski definition) is 1. The second-order valence-corrected chi connectivity index (χ2v) is 8.23. The van der Waals surface area contributed by atoms with Crippen LogP contribution in [0.15, 0.2) is 24.3 Å². The third-order valence-electron chi connectivity index (χ3n) is 4.12. The summed E-state index contributed by atoms with van der Waals surface area (Å²) in [5, 5.41) is 0. The van der Waals surface area contributed by atoms with Crippen LogP contribution in [-0.2, 0) is 14.8 Å². The summed E-state index contributed by atoms with van der Waals surface area (Å²) in [6, 6.07) is 5.14. The van der Waals surface area contributed by atoms with Crippen LogP contribution < -0.4 is 9.46 Å². The Morgan fingerprint density at radius 1 is 1.33 bits per heavy atom. The number of ether oxygens (including phenoxy) is 1. The van der Waals surface area contributed by atoms with E-state index in [0.717, 1.165) is 6.26 Å². The molecular weight excluding hydrogens is 335 g/mol. The lowest BCUT2D eigenvalue weighted by atomic mass is 9.92. The minimum Gasteiger partial charge on any atom is -0.484 e. The molecule has 0 bridgehead atoms. The Balaban J connectivity index is 1.95. The predicted octanol–water partition coefficient (Wildman–Crippen LogP) is 1.24. The van der Waals surface area contributed by atoms with Crippen LogP contribution in [0.25, 0.3) is 0 Å². The number of nitrogens with zero attached hydrogens (tertiary/aromatic N) is 1. The third kappa shape index (κ3) is 5.17. The molecule has 24 heavy (non-hydrogen) atoms. The zero-order valence-corrected chi connectivity index (χ0v) is 14.8. The molecule has 1 aliphatic rings. The number of carbonyl (C=O) groups is 1. The van der Waals surface area contributed by atoms with Crippen LogP contribution in [0.4, 0.5) is 4.39 Å². The van der Waals surface area contributed by atoms with Crippen LogP contribution in [-0.4, -0.2) is 51.2 Å². The van der Waals surface area contributed by atoms with Gasteiger partial charge in [-0.1, -0.05) is 13.8 Å². The summed E-state index contributed by atoms with van der Waals surface area (Å²) in [7, 11) is -3.34. The SMILES string of the molecule is CC(C)[C@@H]1CN(C(=O)COc2ccc(F)cc2)C[C@H]1NS(C)(=O)=O. The highest BCUT2D eigenvalue weighted by atomic mass is 32.2. The van der Waals surface area contributed by atoms with Gasteiger partial charge in [0.2, 0.25) is 10.0 Å². The second-order valence-electron chi connectivity index (χ2n) is 6.45. The molecule has 1 saturated heterocycles. The normalized spacial score (nSPS) is 21.3. The fourth-order valence-electron chi connectivity index (χ4n) is 2.87. The first-order valence-corrected chi connectivity index (χ1v) is 9.68. The predicted molar refractivity (Wildman–Crippen MR) is 88.6 cm³/mol. The molecule has 1 aromatic carbocycles. The molecule has 2 atom stereocenters. The number of nitrogens with one attached hydrogen (secondary N) is 1. The zero-order valence-electron chi connectivity index (χ0n) is 14.0. The van der Waals surface area contributed by atoms with Crippen molar-refractivity contribution in [2.45, 2.75) is 19.9 Å². The molecule has 2 rings (SSSR count). The van der Waals surface area contributed by atoms with Gasteiger partial charge in [-0.05, 0) is 36.1 Å². The van der Waals surface area contributed by atoms with Gasteiger partial charge in [-0.15, -0.1) is 0 Å². The van der Waals surface area contributed by atoms with Crippen LogP contribution in [0.2, 0.25) is 0 Å². The number of hydrogen-bond acceptors (Lipinski definition) is 4. The summed E-state index contributed by atoms with van der Waals surface area (Å²) in [5.74, 6) is 0.107. The van der Waals surface area contributed by atoms with Crippen LogP contribution in [0, 0.1) is 17.7 Å².